The highest BCUT2D eigenvalue weighted by atomic mass is 16.2. The molecule has 0 spiro atoms. The molecule has 1 saturated heterocycles. The zero-order chi connectivity index (χ0) is 13.4. The van der Waals surface area contributed by atoms with Crippen LogP contribution in [0.1, 0.15) is 31.3 Å². The molecule has 100 valence electrons. The molecule has 0 bridgehead atoms. The number of hydrogen-bond acceptors (Lipinski definition) is 3. The van der Waals surface area contributed by atoms with Gasteiger partial charge in [-0.25, -0.2) is 0 Å². The lowest BCUT2D eigenvalue weighted by molar-refractivity contribution is 0.0128. The maximum atomic E-state index is 12.5. The quantitative estimate of drug-likeness (QED) is 0.746. The summed E-state index contributed by atoms with van der Waals surface area (Å²) in [6.07, 6.45) is 1.81. The van der Waals surface area contributed by atoms with Gasteiger partial charge in [0.1, 0.15) is 5.69 Å². The molecule has 2 heterocycles. The Bertz CT molecular complexity index is 442. The van der Waals surface area contributed by atoms with Crippen LogP contribution in [0, 0.1) is 0 Å². The molecular formula is C13H22N4O. The molecule has 1 aromatic rings. The Hall–Kier alpha value is -1.36. The highest BCUT2D eigenvalue weighted by Crippen LogP contribution is 2.22. The van der Waals surface area contributed by atoms with E-state index in [1.54, 1.807) is 10.7 Å². The van der Waals surface area contributed by atoms with Crippen LogP contribution in [0.5, 0.6) is 0 Å². The molecule has 1 aliphatic rings. The van der Waals surface area contributed by atoms with Crippen LogP contribution in [-0.2, 0) is 7.05 Å². The normalized spacial score (nSPS) is 29.6. The SMILES string of the molecule is CC1C(C)N(C(=O)c2ccn(C)n2)C(C)CN1C. The van der Waals surface area contributed by atoms with Gasteiger partial charge in [-0.2, -0.15) is 5.10 Å². The second-order valence-electron chi connectivity index (χ2n) is 5.36. The van der Waals surface area contributed by atoms with Gasteiger partial charge in [0, 0.05) is 37.9 Å². The molecule has 18 heavy (non-hydrogen) atoms. The Balaban J connectivity index is 2.23. The Morgan fingerprint density at radius 3 is 2.50 bits per heavy atom. The first-order valence-corrected chi connectivity index (χ1v) is 6.44. The highest BCUT2D eigenvalue weighted by Gasteiger charge is 2.37. The molecule has 0 saturated carbocycles. The third-order valence-corrected chi connectivity index (χ3v) is 4.03. The first kappa shape index (κ1) is 13.1. The molecule has 5 heteroatoms. The van der Waals surface area contributed by atoms with Crippen molar-refractivity contribution in [2.24, 2.45) is 7.05 Å². The molecule has 0 N–H and O–H groups in total. The van der Waals surface area contributed by atoms with E-state index in [0.717, 1.165) is 6.54 Å². The maximum absolute atomic E-state index is 12.5. The summed E-state index contributed by atoms with van der Waals surface area (Å²) in [5.74, 6) is 0.0375. The Labute approximate surface area is 108 Å². The van der Waals surface area contributed by atoms with Gasteiger partial charge >= 0.3 is 0 Å². The Morgan fingerprint density at radius 2 is 1.94 bits per heavy atom. The molecule has 1 amide bonds. The molecule has 3 atom stereocenters. The first-order valence-electron chi connectivity index (χ1n) is 6.44. The van der Waals surface area contributed by atoms with Gasteiger partial charge in [0.15, 0.2) is 0 Å². The summed E-state index contributed by atoms with van der Waals surface area (Å²) in [6, 6.07) is 2.57. The van der Waals surface area contributed by atoms with Crippen molar-refractivity contribution in [3.8, 4) is 0 Å². The molecule has 1 aromatic heterocycles. The lowest BCUT2D eigenvalue weighted by Gasteiger charge is -2.47. The Morgan fingerprint density at radius 1 is 1.28 bits per heavy atom. The summed E-state index contributed by atoms with van der Waals surface area (Å²) in [7, 11) is 3.94. The largest absolute Gasteiger partial charge is 0.329 e. The topological polar surface area (TPSA) is 41.4 Å². The summed E-state index contributed by atoms with van der Waals surface area (Å²) in [5.41, 5.74) is 0.535. The smallest absolute Gasteiger partial charge is 0.274 e. The number of carbonyl (C=O) groups is 1. The van der Waals surface area contributed by atoms with Crippen LogP contribution in [0.15, 0.2) is 12.3 Å². The van der Waals surface area contributed by atoms with E-state index in [1.807, 2.05) is 18.1 Å². The van der Waals surface area contributed by atoms with Gasteiger partial charge in [0.2, 0.25) is 0 Å². The third-order valence-electron chi connectivity index (χ3n) is 4.03. The van der Waals surface area contributed by atoms with Crippen molar-refractivity contribution >= 4 is 5.91 Å². The average molecular weight is 250 g/mol. The third kappa shape index (κ3) is 2.14. The van der Waals surface area contributed by atoms with Gasteiger partial charge in [0.25, 0.3) is 5.91 Å². The van der Waals surface area contributed by atoms with Gasteiger partial charge in [0.05, 0.1) is 0 Å². The van der Waals surface area contributed by atoms with Crippen LogP contribution in [0.2, 0.25) is 0 Å². The zero-order valence-electron chi connectivity index (χ0n) is 11.8. The second-order valence-corrected chi connectivity index (χ2v) is 5.36. The van der Waals surface area contributed by atoms with Crippen LogP contribution < -0.4 is 0 Å². The van der Waals surface area contributed by atoms with E-state index < -0.39 is 0 Å². The van der Waals surface area contributed by atoms with E-state index in [4.69, 9.17) is 0 Å². The van der Waals surface area contributed by atoms with Crippen molar-refractivity contribution < 1.29 is 4.79 Å². The predicted molar refractivity (Wildman–Crippen MR) is 70.4 cm³/mol. The average Bonchev–Trinajstić information content (AvgIpc) is 2.73. The van der Waals surface area contributed by atoms with E-state index in [9.17, 15) is 4.79 Å². The number of likely N-dealkylation sites (N-methyl/N-ethyl adjacent to an activating group) is 1. The highest BCUT2D eigenvalue weighted by molar-refractivity contribution is 5.92. The molecular weight excluding hydrogens is 228 g/mol. The van der Waals surface area contributed by atoms with Crippen molar-refractivity contribution in [2.45, 2.75) is 38.9 Å². The fraction of sp³-hybridized carbons (Fsp3) is 0.692. The lowest BCUT2D eigenvalue weighted by atomic mass is 10.0. The van der Waals surface area contributed by atoms with Crippen molar-refractivity contribution in [1.29, 1.82) is 0 Å². The molecule has 3 unspecified atom stereocenters. The molecule has 0 aliphatic carbocycles. The van der Waals surface area contributed by atoms with E-state index in [0.29, 0.717) is 11.7 Å². The number of piperazine rings is 1. The van der Waals surface area contributed by atoms with E-state index >= 15 is 0 Å². The number of aromatic nitrogens is 2. The fourth-order valence-corrected chi connectivity index (χ4v) is 2.72. The van der Waals surface area contributed by atoms with Gasteiger partial charge in [-0.05, 0) is 33.9 Å². The lowest BCUT2D eigenvalue weighted by Crippen LogP contribution is -2.61. The molecule has 1 aliphatic heterocycles. The minimum atomic E-state index is 0.0375. The molecule has 5 nitrogen and oxygen atoms in total. The number of carbonyl (C=O) groups excluding carboxylic acids is 1. The van der Waals surface area contributed by atoms with E-state index in [1.165, 1.54) is 0 Å². The summed E-state index contributed by atoms with van der Waals surface area (Å²) in [5, 5.41) is 4.21. The van der Waals surface area contributed by atoms with E-state index in [2.05, 4.69) is 37.8 Å². The monoisotopic (exact) mass is 250 g/mol. The van der Waals surface area contributed by atoms with Crippen molar-refractivity contribution in [1.82, 2.24) is 19.6 Å². The molecule has 0 aromatic carbocycles. The Kier molecular flexibility index (Phi) is 3.43. The van der Waals surface area contributed by atoms with E-state index in [-0.39, 0.29) is 18.0 Å². The van der Waals surface area contributed by atoms with Crippen LogP contribution in [0.4, 0.5) is 0 Å². The summed E-state index contributed by atoms with van der Waals surface area (Å²) >= 11 is 0. The summed E-state index contributed by atoms with van der Waals surface area (Å²) in [4.78, 5) is 16.8. The van der Waals surface area contributed by atoms with Crippen LogP contribution >= 0.6 is 0 Å². The van der Waals surface area contributed by atoms with Crippen LogP contribution in [0.25, 0.3) is 0 Å². The molecule has 1 fully saturated rings. The molecule has 2 rings (SSSR count). The summed E-state index contributed by atoms with van der Waals surface area (Å²) < 4.78 is 1.67. The van der Waals surface area contributed by atoms with Crippen LogP contribution in [-0.4, -0.2) is 57.2 Å². The predicted octanol–water partition coefficient (Wildman–Crippen LogP) is 0.973. The number of aryl methyl sites for hydroxylation is 1. The number of rotatable bonds is 1. The van der Waals surface area contributed by atoms with Crippen molar-refractivity contribution in [2.75, 3.05) is 13.6 Å². The van der Waals surface area contributed by atoms with Gasteiger partial charge in [-0.3, -0.25) is 14.4 Å². The minimum Gasteiger partial charge on any atom is -0.329 e. The first-order chi connectivity index (χ1) is 8.41. The zero-order valence-corrected chi connectivity index (χ0v) is 11.8. The van der Waals surface area contributed by atoms with Gasteiger partial charge < -0.3 is 4.90 Å². The number of nitrogens with zero attached hydrogens (tertiary/aromatic N) is 4. The second kappa shape index (κ2) is 4.72. The minimum absolute atomic E-state index is 0.0375. The molecule has 0 radical (unpaired) electrons. The van der Waals surface area contributed by atoms with Crippen LogP contribution in [0.3, 0.4) is 0 Å². The number of amides is 1. The fourth-order valence-electron chi connectivity index (χ4n) is 2.72. The van der Waals surface area contributed by atoms with Crippen molar-refractivity contribution in [3.05, 3.63) is 18.0 Å². The van der Waals surface area contributed by atoms with Gasteiger partial charge in [-0.1, -0.05) is 0 Å². The van der Waals surface area contributed by atoms with Crippen molar-refractivity contribution in [3.63, 3.8) is 0 Å². The van der Waals surface area contributed by atoms with Gasteiger partial charge in [-0.15, -0.1) is 0 Å². The standard InChI is InChI=1S/C13H22N4O/c1-9-8-15(4)10(2)11(3)17(9)13(18)12-6-7-16(5)14-12/h6-7,9-11H,8H2,1-5H3. The maximum Gasteiger partial charge on any atom is 0.274 e. The summed E-state index contributed by atoms with van der Waals surface area (Å²) in [6.45, 7) is 7.27. The number of hydrogen-bond donors (Lipinski definition) is 0.